The molecule has 3 amide bonds. The maximum Gasteiger partial charge on any atom is 0.325 e. The van der Waals surface area contributed by atoms with Gasteiger partial charge >= 0.3 is 6.03 Å². The number of urea groups is 1. The molecule has 1 saturated heterocycles. The number of rotatable bonds is 5. The van der Waals surface area contributed by atoms with Gasteiger partial charge in [-0.05, 0) is 24.3 Å². The molecule has 1 N–H and O–H groups in total. The van der Waals surface area contributed by atoms with E-state index in [0.29, 0.717) is 35.8 Å². The number of carbonyl (C=O) groups is 2. The largest absolute Gasteiger partial charge is 0.495 e. The molecule has 0 aromatic heterocycles. The first-order valence-electron chi connectivity index (χ1n) is 8.12. The highest BCUT2D eigenvalue weighted by atomic mass is 16.5. The van der Waals surface area contributed by atoms with E-state index in [0.717, 1.165) is 0 Å². The number of hydrogen-bond acceptors (Lipinski definition) is 4. The molecule has 7 heteroatoms. The molecule has 0 atom stereocenters. The lowest BCUT2D eigenvalue weighted by atomic mass is 10.2. The van der Waals surface area contributed by atoms with Crippen molar-refractivity contribution in [3.63, 3.8) is 0 Å². The number of hydrogen-bond donors (Lipinski definition) is 1. The van der Waals surface area contributed by atoms with E-state index in [2.05, 4.69) is 5.32 Å². The third kappa shape index (κ3) is 3.44. The Hall–Kier alpha value is -3.53. The van der Waals surface area contributed by atoms with Crippen LogP contribution in [0.3, 0.4) is 0 Å². The highest BCUT2D eigenvalue weighted by Gasteiger charge is 2.32. The number of nitrogens with one attached hydrogen (secondary N) is 1. The highest BCUT2D eigenvalue weighted by molar-refractivity contribution is 6.00. The first kappa shape index (κ1) is 17.3. The normalized spacial score (nSPS) is 13.5. The molecule has 1 aliphatic heterocycles. The average molecular weight is 350 g/mol. The molecule has 1 heterocycles. The van der Waals surface area contributed by atoms with Crippen LogP contribution in [0.5, 0.6) is 5.75 Å². The van der Waals surface area contributed by atoms with Crippen molar-refractivity contribution in [2.75, 3.05) is 37.0 Å². The number of benzene rings is 2. The van der Waals surface area contributed by atoms with Crippen molar-refractivity contribution in [3.05, 3.63) is 54.1 Å². The minimum absolute atomic E-state index is 0.0791. The molecule has 3 rings (SSSR count). The summed E-state index contributed by atoms with van der Waals surface area (Å²) in [7, 11) is 1.55. The van der Waals surface area contributed by atoms with Crippen molar-refractivity contribution in [1.82, 2.24) is 4.90 Å². The Morgan fingerprint density at radius 1 is 1.19 bits per heavy atom. The molecule has 0 aliphatic carbocycles. The molecule has 0 radical (unpaired) electrons. The minimum atomic E-state index is -0.345. The molecule has 132 valence electrons. The monoisotopic (exact) mass is 350 g/mol. The van der Waals surface area contributed by atoms with Gasteiger partial charge in [0, 0.05) is 13.1 Å². The second kappa shape index (κ2) is 7.57. The summed E-state index contributed by atoms with van der Waals surface area (Å²) >= 11 is 0. The van der Waals surface area contributed by atoms with E-state index in [-0.39, 0.29) is 18.5 Å². The van der Waals surface area contributed by atoms with Crippen molar-refractivity contribution in [1.29, 1.82) is 5.26 Å². The predicted octanol–water partition coefficient (Wildman–Crippen LogP) is 2.45. The molecule has 2 aromatic carbocycles. The van der Waals surface area contributed by atoms with Crippen LogP contribution in [0.2, 0.25) is 0 Å². The van der Waals surface area contributed by atoms with Crippen LogP contribution in [0.1, 0.15) is 5.56 Å². The number of ether oxygens (including phenoxy) is 1. The van der Waals surface area contributed by atoms with Gasteiger partial charge in [-0.25, -0.2) is 4.79 Å². The summed E-state index contributed by atoms with van der Waals surface area (Å²) in [6, 6.07) is 15.8. The zero-order chi connectivity index (χ0) is 18.5. The van der Waals surface area contributed by atoms with E-state index in [9.17, 15) is 9.59 Å². The van der Waals surface area contributed by atoms with Crippen molar-refractivity contribution in [2.24, 2.45) is 0 Å². The molecule has 0 spiro atoms. The van der Waals surface area contributed by atoms with Crippen molar-refractivity contribution in [2.45, 2.75) is 0 Å². The molecule has 0 unspecified atom stereocenters. The van der Waals surface area contributed by atoms with E-state index in [1.807, 2.05) is 24.3 Å². The van der Waals surface area contributed by atoms with E-state index in [1.165, 1.54) is 4.90 Å². The predicted molar refractivity (Wildman–Crippen MR) is 97.1 cm³/mol. The Labute approximate surface area is 151 Å². The maximum atomic E-state index is 12.6. The maximum absolute atomic E-state index is 12.6. The van der Waals surface area contributed by atoms with Crippen LogP contribution in [0.15, 0.2) is 48.5 Å². The standard InChI is InChI=1S/C19H18N4O3/c1-26-17-9-5-4-8-16(17)23-11-10-22(19(23)25)13-18(24)21-15-7-3-2-6-14(15)12-20/h2-9H,10-11,13H2,1H3,(H,21,24). The van der Waals surface area contributed by atoms with E-state index in [4.69, 9.17) is 10.00 Å². The molecule has 26 heavy (non-hydrogen) atoms. The third-order valence-electron chi connectivity index (χ3n) is 4.13. The molecule has 0 bridgehead atoms. The van der Waals surface area contributed by atoms with Gasteiger partial charge in [0.05, 0.1) is 24.0 Å². The lowest BCUT2D eigenvalue weighted by Crippen LogP contribution is -2.37. The summed E-state index contributed by atoms with van der Waals surface area (Å²) in [6.45, 7) is 0.829. The number of nitriles is 1. The number of anilines is 2. The Morgan fingerprint density at radius 3 is 2.69 bits per heavy atom. The zero-order valence-corrected chi connectivity index (χ0v) is 14.3. The smallest absolute Gasteiger partial charge is 0.325 e. The summed E-state index contributed by atoms with van der Waals surface area (Å²) in [5.74, 6) is 0.262. The van der Waals surface area contributed by atoms with Gasteiger partial charge < -0.3 is 15.0 Å². The lowest BCUT2D eigenvalue weighted by Gasteiger charge is -2.20. The van der Waals surface area contributed by atoms with Crippen LogP contribution in [-0.4, -0.2) is 43.6 Å². The van der Waals surface area contributed by atoms with E-state index in [1.54, 1.807) is 42.3 Å². The summed E-state index contributed by atoms with van der Waals surface area (Å²) in [5, 5.41) is 11.8. The number of nitrogens with zero attached hydrogens (tertiary/aromatic N) is 3. The fourth-order valence-corrected chi connectivity index (χ4v) is 2.86. The van der Waals surface area contributed by atoms with Gasteiger partial charge in [0.25, 0.3) is 0 Å². The van der Waals surface area contributed by atoms with Crippen LogP contribution in [-0.2, 0) is 4.79 Å². The van der Waals surface area contributed by atoms with Crippen LogP contribution in [0.4, 0.5) is 16.2 Å². The second-order valence-electron chi connectivity index (χ2n) is 5.73. The number of amides is 3. The van der Waals surface area contributed by atoms with Gasteiger partial charge in [-0.1, -0.05) is 24.3 Å². The average Bonchev–Trinajstić information content (AvgIpc) is 3.02. The Bertz CT molecular complexity index is 875. The topological polar surface area (TPSA) is 85.7 Å². The molecule has 1 aliphatic rings. The van der Waals surface area contributed by atoms with Crippen molar-refractivity contribution in [3.8, 4) is 11.8 Å². The van der Waals surface area contributed by atoms with Gasteiger partial charge in [0.2, 0.25) is 5.91 Å². The third-order valence-corrected chi connectivity index (χ3v) is 4.13. The zero-order valence-electron chi connectivity index (χ0n) is 14.3. The van der Waals surface area contributed by atoms with Crippen molar-refractivity contribution < 1.29 is 14.3 Å². The SMILES string of the molecule is COc1ccccc1N1CCN(CC(=O)Nc2ccccc2C#N)C1=O. The summed E-state index contributed by atoms with van der Waals surface area (Å²) < 4.78 is 5.30. The first-order valence-corrected chi connectivity index (χ1v) is 8.12. The first-order chi connectivity index (χ1) is 12.6. The molecular weight excluding hydrogens is 332 g/mol. The van der Waals surface area contributed by atoms with E-state index >= 15 is 0 Å². The number of para-hydroxylation sites is 3. The molecule has 7 nitrogen and oxygen atoms in total. The van der Waals surface area contributed by atoms with Crippen LogP contribution < -0.4 is 15.0 Å². The fraction of sp³-hybridized carbons (Fsp3) is 0.211. The van der Waals surface area contributed by atoms with Crippen LogP contribution in [0, 0.1) is 11.3 Å². The molecule has 1 fully saturated rings. The van der Waals surface area contributed by atoms with Crippen molar-refractivity contribution >= 4 is 23.3 Å². The Kier molecular flexibility index (Phi) is 5.04. The van der Waals surface area contributed by atoms with Crippen LogP contribution >= 0.6 is 0 Å². The van der Waals surface area contributed by atoms with Gasteiger partial charge in [-0.15, -0.1) is 0 Å². The van der Waals surface area contributed by atoms with Gasteiger partial charge in [0.15, 0.2) is 0 Å². The van der Waals surface area contributed by atoms with E-state index < -0.39 is 0 Å². The molecule has 0 saturated carbocycles. The van der Waals surface area contributed by atoms with Gasteiger partial charge in [-0.3, -0.25) is 9.69 Å². The van der Waals surface area contributed by atoms with Gasteiger partial charge in [-0.2, -0.15) is 5.26 Å². The van der Waals surface area contributed by atoms with Crippen LogP contribution in [0.25, 0.3) is 0 Å². The van der Waals surface area contributed by atoms with Gasteiger partial charge in [0.1, 0.15) is 18.4 Å². The Balaban J connectivity index is 1.67. The number of methoxy groups -OCH3 is 1. The lowest BCUT2D eigenvalue weighted by molar-refractivity contribution is -0.116. The second-order valence-corrected chi connectivity index (χ2v) is 5.73. The molecule has 2 aromatic rings. The minimum Gasteiger partial charge on any atom is -0.495 e. The highest BCUT2D eigenvalue weighted by Crippen LogP contribution is 2.30. The fourth-order valence-electron chi connectivity index (χ4n) is 2.86. The summed E-state index contributed by atoms with van der Waals surface area (Å²) in [6.07, 6.45) is 0. The summed E-state index contributed by atoms with van der Waals surface area (Å²) in [4.78, 5) is 28.0. The Morgan fingerprint density at radius 2 is 1.92 bits per heavy atom. The molecular formula is C19H18N4O3. The number of carbonyl (C=O) groups excluding carboxylic acids is 2. The summed E-state index contributed by atoms with van der Waals surface area (Å²) in [5.41, 5.74) is 1.50. The quantitative estimate of drug-likeness (QED) is 0.897.